The van der Waals surface area contributed by atoms with Crippen molar-refractivity contribution in [2.24, 2.45) is 5.10 Å². The molecule has 0 fully saturated rings. The summed E-state index contributed by atoms with van der Waals surface area (Å²) >= 11 is 0. The Hall–Kier alpha value is -4.65. The normalized spacial score (nSPS) is 12.4. The van der Waals surface area contributed by atoms with Crippen LogP contribution in [-0.2, 0) is 11.4 Å². The first kappa shape index (κ1) is 23.1. The fourth-order valence-electron chi connectivity index (χ4n) is 4.22. The van der Waals surface area contributed by atoms with Crippen LogP contribution in [0.3, 0.4) is 0 Å². The maximum absolute atomic E-state index is 12.9. The molecular formula is C29H25N3O4. The van der Waals surface area contributed by atoms with Crippen molar-refractivity contribution >= 4 is 34.5 Å². The standard InChI is InChI=1S/C29H25N3O4/c1-2-35-26-16-21(14-15-25(26)36-19-20-8-4-3-5-9-20)17-30-31-27(33)18-32-24-13-7-11-22-10-6-12-23(28(22)24)29(32)34/h3-17H,2,18-19H2,1H3,(H,31,33)/b30-17+. The predicted molar refractivity (Wildman–Crippen MR) is 140 cm³/mol. The lowest BCUT2D eigenvalue weighted by Crippen LogP contribution is -2.37. The van der Waals surface area contributed by atoms with Crippen molar-refractivity contribution in [1.82, 2.24) is 5.43 Å². The van der Waals surface area contributed by atoms with Gasteiger partial charge in [-0.05, 0) is 53.8 Å². The van der Waals surface area contributed by atoms with Crippen LogP contribution in [0.25, 0.3) is 10.8 Å². The van der Waals surface area contributed by atoms with Crippen molar-refractivity contribution in [2.75, 3.05) is 18.1 Å². The van der Waals surface area contributed by atoms with E-state index in [4.69, 9.17) is 9.47 Å². The van der Waals surface area contributed by atoms with Gasteiger partial charge in [-0.1, -0.05) is 54.6 Å². The molecule has 0 unspecified atom stereocenters. The number of hydrazone groups is 1. The molecule has 1 heterocycles. The molecule has 0 spiro atoms. The smallest absolute Gasteiger partial charge is 0.260 e. The van der Waals surface area contributed by atoms with Crippen LogP contribution in [0, 0.1) is 0 Å². The largest absolute Gasteiger partial charge is 0.490 e. The zero-order valence-electron chi connectivity index (χ0n) is 19.8. The van der Waals surface area contributed by atoms with Gasteiger partial charge in [-0.3, -0.25) is 14.5 Å². The maximum atomic E-state index is 12.9. The fourth-order valence-corrected chi connectivity index (χ4v) is 4.22. The molecule has 36 heavy (non-hydrogen) atoms. The first-order valence-electron chi connectivity index (χ1n) is 11.7. The van der Waals surface area contributed by atoms with Gasteiger partial charge in [-0.2, -0.15) is 5.10 Å². The Balaban J connectivity index is 1.23. The molecule has 0 saturated carbocycles. The average molecular weight is 480 g/mol. The number of nitrogens with zero attached hydrogens (tertiary/aromatic N) is 2. The molecule has 1 aliphatic rings. The second-order valence-electron chi connectivity index (χ2n) is 8.28. The van der Waals surface area contributed by atoms with Gasteiger partial charge in [-0.15, -0.1) is 0 Å². The summed E-state index contributed by atoms with van der Waals surface area (Å²) < 4.78 is 11.7. The Bertz CT molecular complexity index is 1440. The monoisotopic (exact) mass is 479 g/mol. The van der Waals surface area contributed by atoms with Crippen molar-refractivity contribution in [3.8, 4) is 11.5 Å². The molecule has 7 heteroatoms. The summed E-state index contributed by atoms with van der Waals surface area (Å²) in [7, 11) is 0. The molecule has 0 atom stereocenters. The molecule has 1 N–H and O–H groups in total. The van der Waals surface area contributed by atoms with E-state index in [-0.39, 0.29) is 12.5 Å². The lowest BCUT2D eigenvalue weighted by molar-refractivity contribution is -0.119. The number of carbonyl (C=O) groups excluding carboxylic acids is 2. The number of ether oxygens (including phenoxy) is 2. The van der Waals surface area contributed by atoms with Crippen molar-refractivity contribution in [2.45, 2.75) is 13.5 Å². The van der Waals surface area contributed by atoms with Gasteiger partial charge in [0.25, 0.3) is 11.8 Å². The van der Waals surface area contributed by atoms with Crippen LogP contribution < -0.4 is 19.8 Å². The van der Waals surface area contributed by atoms with Crippen LogP contribution in [0.2, 0.25) is 0 Å². The lowest BCUT2D eigenvalue weighted by Gasteiger charge is -2.16. The molecule has 0 radical (unpaired) electrons. The highest BCUT2D eigenvalue weighted by atomic mass is 16.5. The molecule has 0 aromatic heterocycles. The Labute approximate surface area is 209 Å². The summed E-state index contributed by atoms with van der Waals surface area (Å²) in [5, 5.41) is 5.92. The van der Waals surface area contributed by atoms with Gasteiger partial charge in [-0.25, -0.2) is 5.43 Å². The number of hydrogen-bond donors (Lipinski definition) is 1. The van der Waals surface area contributed by atoms with Gasteiger partial charge in [0.2, 0.25) is 0 Å². The molecule has 180 valence electrons. The molecule has 2 amide bonds. The quantitative estimate of drug-likeness (QED) is 0.273. The zero-order chi connectivity index (χ0) is 24.9. The number of benzene rings is 4. The summed E-state index contributed by atoms with van der Waals surface area (Å²) in [4.78, 5) is 26.9. The van der Waals surface area contributed by atoms with Crippen LogP contribution in [0.4, 0.5) is 5.69 Å². The summed E-state index contributed by atoms with van der Waals surface area (Å²) in [5.74, 6) is 0.644. The summed E-state index contributed by atoms with van der Waals surface area (Å²) in [5.41, 5.74) is 5.65. The van der Waals surface area contributed by atoms with E-state index < -0.39 is 5.91 Å². The third kappa shape index (κ3) is 4.77. The third-order valence-electron chi connectivity index (χ3n) is 5.86. The van der Waals surface area contributed by atoms with Crippen molar-refractivity contribution in [3.63, 3.8) is 0 Å². The molecular weight excluding hydrogens is 454 g/mol. The van der Waals surface area contributed by atoms with E-state index in [1.54, 1.807) is 12.1 Å². The molecule has 4 aromatic rings. The van der Waals surface area contributed by atoms with Gasteiger partial charge in [0.05, 0.1) is 18.5 Å². The molecule has 0 saturated heterocycles. The van der Waals surface area contributed by atoms with Gasteiger partial charge in [0.1, 0.15) is 13.2 Å². The molecule has 4 aromatic carbocycles. The third-order valence-corrected chi connectivity index (χ3v) is 5.86. The van der Waals surface area contributed by atoms with E-state index in [9.17, 15) is 9.59 Å². The number of hydrogen-bond acceptors (Lipinski definition) is 5. The minimum Gasteiger partial charge on any atom is -0.490 e. The van der Waals surface area contributed by atoms with Crippen LogP contribution in [0.15, 0.2) is 90.0 Å². The highest BCUT2D eigenvalue weighted by Gasteiger charge is 2.30. The second-order valence-corrected chi connectivity index (χ2v) is 8.28. The molecule has 0 bridgehead atoms. The first-order valence-corrected chi connectivity index (χ1v) is 11.7. The fraction of sp³-hybridized carbons (Fsp3) is 0.138. The van der Waals surface area contributed by atoms with Crippen LogP contribution in [-0.4, -0.2) is 31.2 Å². The van der Waals surface area contributed by atoms with Crippen LogP contribution in [0.1, 0.15) is 28.4 Å². The second kappa shape index (κ2) is 10.3. The molecule has 0 aliphatic carbocycles. The number of anilines is 1. The van der Waals surface area contributed by atoms with Gasteiger partial charge in [0.15, 0.2) is 11.5 Å². The van der Waals surface area contributed by atoms with E-state index in [1.807, 2.05) is 79.7 Å². The molecule has 7 nitrogen and oxygen atoms in total. The van der Waals surface area contributed by atoms with E-state index >= 15 is 0 Å². The predicted octanol–water partition coefficient (Wildman–Crippen LogP) is 4.93. The zero-order valence-corrected chi connectivity index (χ0v) is 19.8. The maximum Gasteiger partial charge on any atom is 0.260 e. The topological polar surface area (TPSA) is 80.2 Å². The van der Waals surface area contributed by atoms with Gasteiger partial charge >= 0.3 is 0 Å². The summed E-state index contributed by atoms with van der Waals surface area (Å²) in [6.07, 6.45) is 1.53. The van der Waals surface area contributed by atoms with Crippen LogP contribution in [0.5, 0.6) is 11.5 Å². The SMILES string of the molecule is CCOc1cc(/C=N/NC(=O)CN2C(=O)c3cccc4cccc2c34)ccc1OCc1ccccc1. The average Bonchev–Trinajstić information content (AvgIpc) is 3.17. The minimum atomic E-state index is -0.391. The molecule has 1 aliphatic heterocycles. The van der Waals surface area contributed by atoms with Gasteiger partial charge in [0, 0.05) is 10.9 Å². The highest BCUT2D eigenvalue weighted by Crippen LogP contribution is 2.36. The van der Waals surface area contributed by atoms with Crippen LogP contribution >= 0.6 is 0 Å². The Morgan fingerprint density at radius 1 is 0.944 bits per heavy atom. The number of rotatable bonds is 9. The lowest BCUT2D eigenvalue weighted by atomic mass is 10.1. The Morgan fingerprint density at radius 2 is 1.75 bits per heavy atom. The number of amides is 2. The van der Waals surface area contributed by atoms with E-state index in [0.717, 1.165) is 27.6 Å². The van der Waals surface area contributed by atoms with E-state index in [1.165, 1.54) is 11.1 Å². The van der Waals surface area contributed by atoms with Crippen molar-refractivity contribution in [3.05, 3.63) is 102 Å². The molecule has 5 rings (SSSR count). The van der Waals surface area contributed by atoms with Gasteiger partial charge < -0.3 is 9.47 Å². The van der Waals surface area contributed by atoms with Crippen molar-refractivity contribution < 1.29 is 19.1 Å². The van der Waals surface area contributed by atoms with E-state index in [2.05, 4.69) is 10.5 Å². The summed E-state index contributed by atoms with van der Waals surface area (Å²) in [6.45, 7) is 2.69. The Morgan fingerprint density at radius 3 is 2.56 bits per heavy atom. The highest BCUT2D eigenvalue weighted by molar-refractivity contribution is 6.26. The number of nitrogens with one attached hydrogen (secondary N) is 1. The van der Waals surface area contributed by atoms with E-state index in [0.29, 0.717) is 30.3 Å². The Kier molecular flexibility index (Phi) is 6.62. The minimum absolute atomic E-state index is 0.125. The number of carbonyl (C=O) groups is 2. The van der Waals surface area contributed by atoms with Crippen molar-refractivity contribution in [1.29, 1.82) is 0 Å². The first-order chi connectivity index (χ1) is 17.6. The summed E-state index contributed by atoms with van der Waals surface area (Å²) in [6, 6.07) is 26.6.